The van der Waals surface area contributed by atoms with E-state index in [1.165, 1.54) is 5.56 Å². The number of para-hydroxylation sites is 1. The lowest BCUT2D eigenvalue weighted by molar-refractivity contribution is 0.137. The van der Waals surface area contributed by atoms with Crippen LogP contribution in [0.5, 0.6) is 5.75 Å². The number of anilines is 1. The lowest BCUT2D eigenvalue weighted by Crippen LogP contribution is -2.25. The molecule has 1 aromatic carbocycles. The van der Waals surface area contributed by atoms with Crippen molar-refractivity contribution in [2.45, 2.75) is 32.4 Å². The Morgan fingerprint density at radius 1 is 1.25 bits per heavy atom. The zero-order chi connectivity index (χ0) is 14.2. The fraction of sp³-hybridized carbons (Fsp3) is 0.312. The van der Waals surface area contributed by atoms with Gasteiger partial charge < -0.3 is 10.1 Å². The molecular formula is C16H17ClN2O. The first-order valence-corrected chi connectivity index (χ1v) is 7.07. The summed E-state index contributed by atoms with van der Waals surface area (Å²) in [7, 11) is 0. The van der Waals surface area contributed by atoms with E-state index >= 15 is 0 Å². The fourth-order valence-corrected chi connectivity index (χ4v) is 2.67. The molecule has 0 amide bonds. The van der Waals surface area contributed by atoms with Gasteiger partial charge in [-0.15, -0.1) is 0 Å². The van der Waals surface area contributed by atoms with Crippen molar-refractivity contribution in [2.75, 3.05) is 5.32 Å². The molecule has 0 spiro atoms. The third kappa shape index (κ3) is 2.73. The first-order chi connectivity index (χ1) is 9.53. The second-order valence-electron chi connectivity index (χ2n) is 5.64. The molecule has 2 heterocycles. The van der Waals surface area contributed by atoms with E-state index in [1.807, 2.05) is 12.1 Å². The van der Waals surface area contributed by atoms with Gasteiger partial charge in [-0.2, -0.15) is 0 Å². The number of hydrogen-bond donors (Lipinski definition) is 1. The number of ether oxygens (including phenoxy) is 1. The average molecular weight is 289 g/mol. The Morgan fingerprint density at radius 2 is 2.05 bits per heavy atom. The molecule has 0 atom stereocenters. The number of nitrogens with one attached hydrogen (secondary N) is 1. The molecular weight excluding hydrogens is 272 g/mol. The van der Waals surface area contributed by atoms with Crippen LogP contribution in [-0.2, 0) is 13.0 Å². The van der Waals surface area contributed by atoms with Gasteiger partial charge in [0.25, 0.3) is 0 Å². The fourth-order valence-electron chi connectivity index (χ4n) is 2.51. The summed E-state index contributed by atoms with van der Waals surface area (Å²) in [5, 5.41) is 3.77. The molecule has 0 saturated carbocycles. The Balaban J connectivity index is 1.78. The monoisotopic (exact) mass is 288 g/mol. The predicted molar refractivity (Wildman–Crippen MR) is 81.4 cm³/mol. The summed E-state index contributed by atoms with van der Waals surface area (Å²) in [5.41, 5.74) is 2.30. The van der Waals surface area contributed by atoms with Crippen LogP contribution >= 0.6 is 11.6 Å². The number of pyridine rings is 1. The molecule has 3 nitrogen and oxygen atoms in total. The minimum Gasteiger partial charge on any atom is -0.487 e. The molecule has 20 heavy (non-hydrogen) atoms. The van der Waals surface area contributed by atoms with Crippen molar-refractivity contribution in [3.63, 3.8) is 0 Å². The van der Waals surface area contributed by atoms with Gasteiger partial charge in [0.15, 0.2) is 0 Å². The Morgan fingerprint density at radius 3 is 2.85 bits per heavy atom. The van der Waals surface area contributed by atoms with Crippen molar-refractivity contribution < 1.29 is 4.74 Å². The van der Waals surface area contributed by atoms with Crippen molar-refractivity contribution in [3.8, 4) is 5.75 Å². The van der Waals surface area contributed by atoms with Crippen LogP contribution in [0.25, 0.3) is 0 Å². The minimum absolute atomic E-state index is 0.118. The molecule has 1 aliphatic rings. The molecule has 0 bridgehead atoms. The summed E-state index contributed by atoms with van der Waals surface area (Å²) in [4.78, 5) is 4.22. The highest BCUT2D eigenvalue weighted by Gasteiger charge is 2.31. The van der Waals surface area contributed by atoms with E-state index in [-0.39, 0.29) is 5.60 Å². The first kappa shape index (κ1) is 13.3. The van der Waals surface area contributed by atoms with Crippen LogP contribution in [0, 0.1) is 0 Å². The summed E-state index contributed by atoms with van der Waals surface area (Å²) in [5.74, 6) is 1.78. The van der Waals surface area contributed by atoms with Crippen LogP contribution in [0.3, 0.4) is 0 Å². The Bertz CT molecular complexity index is 640. The molecule has 3 rings (SSSR count). The van der Waals surface area contributed by atoms with Gasteiger partial charge in [0.05, 0.1) is 0 Å². The smallest absolute Gasteiger partial charge is 0.131 e. The molecule has 0 aliphatic carbocycles. The number of rotatable bonds is 3. The van der Waals surface area contributed by atoms with E-state index in [0.717, 1.165) is 23.6 Å². The van der Waals surface area contributed by atoms with Gasteiger partial charge in [-0.1, -0.05) is 35.9 Å². The van der Waals surface area contributed by atoms with E-state index in [0.29, 0.717) is 11.7 Å². The highest BCUT2D eigenvalue weighted by Crippen LogP contribution is 2.37. The maximum absolute atomic E-state index is 6.05. The second kappa shape index (κ2) is 4.98. The van der Waals surface area contributed by atoms with Crippen molar-refractivity contribution in [3.05, 3.63) is 52.7 Å². The standard InChI is InChI=1S/C16H17ClN2O/c1-16(2)9-11-5-3-6-12(15(11)20-16)10-18-14-8-4-7-13(17)19-14/h3-8H,9-10H2,1-2H3,(H,18,19). The number of benzene rings is 1. The first-order valence-electron chi connectivity index (χ1n) is 6.70. The van der Waals surface area contributed by atoms with E-state index in [1.54, 1.807) is 6.07 Å². The largest absolute Gasteiger partial charge is 0.487 e. The average Bonchev–Trinajstić information content (AvgIpc) is 2.71. The zero-order valence-electron chi connectivity index (χ0n) is 11.6. The van der Waals surface area contributed by atoms with Crippen LogP contribution in [0.4, 0.5) is 5.82 Å². The second-order valence-corrected chi connectivity index (χ2v) is 6.03. The maximum Gasteiger partial charge on any atom is 0.131 e. The SMILES string of the molecule is CC1(C)Cc2cccc(CNc3cccc(Cl)n3)c2O1. The van der Waals surface area contributed by atoms with Crippen molar-refractivity contribution in [1.29, 1.82) is 0 Å². The molecule has 1 N–H and O–H groups in total. The Hall–Kier alpha value is -1.74. The number of nitrogens with zero attached hydrogens (tertiary/aromatic N) is 1. The Labute approximate surface area is 123 Å². The van der Waals surface area contributed by atoms with E-state index in [4.69, 9.17) is 16.3 Å². The molecule has 0 radical (unpaired) electrons. The molecule has 1 aromatic heterocycles. The molecule has 1 aliphatic heterocycles. The van der Waals surface area contributed by atoms with Gasteiger partial charge in [-0.3, -0.25) is 0 Å². The van der Waals surface area contributed by atoms with Crippen LogP contribution in [-0.4, -0.2) is 10.6 Å². The van der Waals surface area contributed by atoms with E-state index < -0.39 is 0 Å². The van der Waals surface area contributed by atoms with Gasteiger partial charge in [-0.05, 0) is 31.5 Å². The predicted octanol–water partition coefficient (Wildman–Crippen LogP) is 4.06. The molecule has 104 valence electrons. The maximum atomic E-state index is 6.05. The molecule has 2 aromatic rings. The molecule has 0 fully saturated rings. The summed E-state index contributed by atoms with van der Waals surface area (Å²) in [6.45, 7) is 4.90. The number of halogens is 1. The van der Waals surface area contributed by atoms with Crippen molar-refractivity contribution in [1.82, 2.24) is 4.98 Å². The van der Waals surface area contributed by atoms with Crippen LogP contribution in [0.1, 0.15) is 25.0 Å². The van der Waals surface area contributed by atoms with Crippen LogP contribution < -0.4 is 10.1 Å². The van der Waals surface area contributed by atoms with Gasteiger partial charge >= 0.3 is 0 Å². The summed E-state index contributed by atoms with van der Waals surface area (Å²) in [6.07, 6.45) is 0.950. The summed E-state index contributed by atoms with van der Waals surface area (Å²) in [6, 6.07) is 11.8. The normalized spacial score (nSPS) is 15.6. The van der Waals surface area contributed by atoms with Gasteiger partial charge in [0.1, 0.15) is 22.3 Å². The quantitative estimate of drug-likeness (QED) is 0.865. The molecule has 0 saturated heterocycles. The van der Waals surface area contributed by atoms with Crippen LogP contribution in [0.2, 0.25) is 5.15 Å². The van der Waals surface area contributed by atoms with Gasteiger partial charge in [0.2, 0.25) is 0 Å². The number of hydrogen-bond acceptors (Lipinski definition) is 3. The zero-order valence-corrected chi connectivity index (χ0v) is 12.4. The van der Waals surface area contributed by atoms with Crippen molar-refractivity contribution >= 4 is 17.4 Å². The Kier molecular flexibility index (Phi) is 3.30. The highest BCUT2D eigenvalue weighted by atomic mass is 35.5. The molecule has 4 heteroatoms. The van der Waals surface area contributed by atoms with Crippen molar-refractivity contribution in [2.24, 2.45) is 0 Å². The number of aromatic nitrogens is 1. The topological polar surface area (TPSA) is 34.2 Å². The van der Waals surface area contributed by atoms with Gasteiger partial charge in [-0.25, -0.2) is 4.98 Å². The summed E-state index contributed by atoms with van der Waals surface area (Å²) >= 11 is 5.88. The van der Waals surface area contributed by atoms with E-state index in [2.05, 4.69) is 42.3 Å². The van der Waals surface area contributed by atoms with E-state index in [9.17, 15) is 0 Å². The summed E-state index contributed by atoms with van der Waals surface area (Å²) < 4.78 is 6.05. The highest BCUT2D eigenvalue weighted by molar-refractivity contribution is 6.29. The molecule has 0 unspecified atom stereocenters. The van der Waals surface area contributed by atoms with Gasteiger partial charge in [0, 0.05) is 18.5 Å². The minimum atomic E-state index is -0.118. The third-order valence-corrected chi connectivity index (χ3v) is 3.56. The third-order valence-electron chi connectivity index (χ3n) is 3.35. The number of fused-ring (bicyclic) bond motifs is 1. The lowest BCUT2D eigenvalue weighted by Gasteiger charge is -2.18. The lowest BCUT2D eigenvalue weighted by atomic mass is 10.0. The van der Waals surface area contributed by atoms with Crippen LogP contribution in [0.15, 0.2) is 36.4 Å².